The van der Waals surface area contributed by atoms with Gasteiger partial charge in [-0.2, -0.15) is 0 Å². The summed E-state index contributed by atoms with van der Waals surface area (Å²) in [5.41, 5.74) is 2.42. The standard InChI is InChI=1S/C17H24N2O2/c1-13-2-4-15(5-3-13)19(11-8-17(20)21)16-7-10-18-9-6-14(16)12-18/h2-5,14,16H,6-12H2,1H3,(H,20,21). The monoisotopic (exact) mass is 288 g/mol. The van der Waals surface area contributed by atoms with Gasteiger partial charge in [0.25, 0.3) is 0 Å². The van der Waals surface area contributed by atoms with E-state index < -0.39 is 5.97 Å². The molecule has 3 unspecified atom stereocenters. The van der Waals surface area contributed by atoms with Crippen molar-refractivity contribution < 1.29 is 9.90 Å². The average molecular weight is 288 g/mol. The van der Waals surface area contributed by atoms with Crippen molar-refractivity contribution in [1.29, 1.82) is 0 Å². The zero-order valence-corrected chi connectivity index (χ0v) is 12.7. The Kier molecular flexibility index (Phi) is 4.15. The smallest absolute Gasteiger partial charge is 0.305 e. The summed E-state index contributed by atoms with van der Waals surface area (Å²) >= 11 is 0. The number of anilines is 1. The molecule has 2 fully saturated rings. The number of nitrogens with zero attached hydrogens (tertiary/aromatic N) is 2. The van der Waals surface area contributed by atoms with Crippen molar-refractivity contribution in [3.8, 4) is 0 Å². The van der Waals surface area contributed by atoms with E-state index in [1.807, 2.05) is 0 Å². The van der Waals surface area contributed by atoms with Crippen molar-refractivity contribution in [2.45, 2.75) is 32.2 Å². The van der Waals surface area contributed by atoms with Crippen LogP contribution in [0.4, 0.5) is 5.69 Å². The van der Waals surface area contributed by atoms with Crippen molar-refractivity contribution in [2.75, 3.05) is 31.1 Å². The molecule has 0 aromatic heterocycles. The summed E-state index contributed by atoms with van der Waals surface area (Å²) in [4.78, 5) is 15.9. The van der Waals surface area contributed by atoms with Gasteiger partial charge in [0.2, 0.25) is 0 Å². The van der Waals surface area contributed by atoms with Gasteiger partial charge in [-0.05, 0) is 44.4 Å². The lowest BCUT2D eigenvalue weighted by Gasteiger charge is -2.40. The lowest BCUT2D eigenvalue weighted by atomic mass is 9.92. The maximum absolute atomic E-state index is 11.0. The lowest BCUT2D eigenvalue weighted by Crippen LogP contribution is -2.47. The van der Waals surface area contributed by atoms with Crippen molar-refractivity contribution in [1.82, 2.24) is 4.90 Å². The molecule has 4 nitrogen and oxygen atoms in total. The van der Waals surface area contributed by atoms with E-state index in [1.54, 1.807) is 0 Å². The molecule has 2 aliphatic rings. The van der Waals surface area contributed by atoms with Crippen LogP contribution in [0.5, 0.6) is 0 Å². The minimum Gasteiger partial charge on any atom is -0.481 e. The molecular formula is C17H24N2O2. The third-order valence-corrected chi connectivity index (χ3v) is 4.93. The molecule has 3 atom stereocenters. The highest BCUT2D eigenvalue weighted by Crippen LogP contribution is 2.33. The van der Waals surface area contributed by atoms with E-state index in [4.69, 9.17) is 5.11 Å². The number of carbonyl (C=O) groups is 1. The van der Waals surface area contributed by atoms with Gasteiger partial charge in [0, 0.05) is 31.4 Å². The molecule has 1 aromatic rings. The molecule has 2 bridgehead atoms. The molecule has 0 aliphatic carbocycles. The first-order valence-corrected chi connectivity index (χ1v) is 7.91. The van der Waals surface area contributed by atoms with Gasteiger partial charge in [-0.25, -0.2) is 0 Å². The van der Waals surface area contributed by atoms with Crippen molar-refractivity contribution in [3.63, 3.8) is 0 Å². The maximum atomic E-state index is 11.0. The summed E-state index contributed by atoms with van der Waals surface area (Å²) in [6.45, 7) is 6.24. The van der Waals surface area contributed by atoms with Crippen LogP contribution in [0.2, 0.25) is 0 Å². The predicted octanol–water partition coefficient (Wildman–Crippen LogP) is 2.37. The topological polar surface area (TPSA) is 43.8 Å². The second-order valence-electron chi connectivity index (χ2n) is 6.38. The molecule has 0 amide bonds. The molecule has 4 heteroatoms. The van der Waals surface area contributed by atoms with E-state index >= 15 is 0 Å². The van der Waals surface area contributed by atoms with Crippen LogP contribution in [0.3, 0.4) is 0 Å². The Morgan fingerprint density at radius 1 is 1.29 bits per heavy atom. The van der Waals surface area contributed by atoms with E-state index in [9.17, 15) is 4.79 Å². The number of carboxylic acids is 1. The minimum atomic E-state index is -0.712. The van der Waals surface area contributed by atoms with Gasteiger partial charge in [-0.3, -0.25) is 4.79 Å². The van der Waals surface area contributed by atoms with E-state index in [0.29, 0.717) is 18.5 Å². The van der Waals surface area contributed by atoms with Gasteiger partial charge in [-0.15, -0.1) is 0 Å². The van der Waals surface area contributed by atoms with E-state index in [1.165, 1.54) is 30.8 Å². The summed E-state index contributed by atoms with van der Waals surface area (Å²) in [6, 6.07) is 9.00. The fraction of sp³-hybridized carbons (Fsp3) is 0.588. The molecular weight excluding hydrogens is 264 g/mol. The molecule has 2 saturated heterocycles. The molecule has 3 rings (SSSR count). The van der Waals surface area contributed by atoms with Gasteiger partial charge in [0.05, 0.1) is 6.42 Å². The molecule has 2 aliphatic heterocycles. The third kappa shape index (κ3) is 3.21. The molecule has 1 N–H and O–H groups in total. The second kappa shape index (κ2) is 6.06. The Balaban J connectivity index is 1.81. The Bertz CT molecular complexity index is 500. The number of rotatable bonds is 5. The van der Waals surface area contributed by atoms with Crippen LogP contribution in [0.15, 0.2) is 24.3 Å². The normalized spacial score (nSPS) is 27.6. The number of carboxylic acid groups (broad SMARTS) is 1. The number of fused-ring (bicyclic) bond motifs is 2. The molecule has 21 heavy (non-hydrogen) atoms. The van der Waals surface area contributed by atoms with Crippen LogP contribution in [0.25, 0.3) is 0 Å². The van der Waals surface area contributed by atoms with Crippen LogP contribution in [-0.2, 0) is 4.79 Å². The number of benzene rings is 1. The Hall–Kier alpha value is -1.55. The Morgan fingerprint density at radius 2 is 2.00 bits per heavy atom. The molecule has 2 heterocycles. The van der Waals surface area contributed by atoms with Crippen LogP contribution < -0.4 is 4.90 Å². The van der Waals surface area contributed by atoms with Gasteiger partial charge in [-0.1, -0.05) is 17.7 Å². The van der Waals surface area contributed by atoms with E-state index in [2.05, 4.69) is 41.0 Å². The second-order valence-corrected chi connectivity index (χ2v) is 6.38. The maximum Gasteiger partial charge on any atom is 0.305 e. The quantitative estimate of drug-likeness (QED) is 0.903. The summed E-state index contributed by atoms with van der Waals surface area (Å²) < 4.78 is 0. The van der Waals surface area contributed by atoms with Crippen molar-refractivity contribution in [3.05, 3.63) is 29.8 Å². The SMILES string of the molecule is Cc1ccc(N(CCC(=O)O)C2CCN3CCC2C3)cc1. The number of aliphatic carboxylic acids is 1. The Morgan fingerprint density at radius 3 is 2.71 bits per heavy atom. The zero-order valence-electron chi connectivity index (χ0n) is 12.7. The predicted molar refractivity (Wildman–Crippen MR) is 83.7 cm³/mol. The average Bonchev–Trinajstić information content (AvgIpc) is 2.84. The van der Waals surface area contributed by atoms with Gasteiger partial charge in [0.1, 0.15) is 0 Å². The first-order chi connectivity index (χ1) is 10.1. The molecule has 114 valence electrons. The summed E-state index contributed by atoms with van der Waals surface area (Å²) in [6.07, 6.45) is 2.61. The largest absolute Gasteiger partial charge is 0.481 e. The number of piperidine rings is 1. The fourth-order valence-corrected chi connectivity index (χ4v) is 3.78. The van der Waals surface area contributed by atoms with Gasteiger partial charge in [0.15, 0.2) is 0 Å². The first kappa shape index (κ1) is 14.4. The van der Waals surface area contributed by atoms with Gasteiger partial charge < -0.3 is 14.9 Å². The summed E-state index contributed by atoms with van der Waals surface area (Å²) in [5, 5.41) is 9.05. The Labute approximate surface area is 126 Å². The fourth-order valence-electron chi connectivity index (χ4n) is 3.78. The van der Waals surface area contributed by atoms with Crippen LogP contribution >= 0.6 is 0 Å². The molecule has 1 aromatic carbocycles. The lowest BCUT2D eigenvalue weighted by molar-refractivity contribution is -0.136. The highest BCUT2D eigenvalue weighted by Gasteiger charge is 2.37. The van der Waals surface area contributed by atoms with Crippen LogP contribution in [0.1, 0.15) is 24.8 Å². The highest BCUT2D eigenvalue weighted by atomic mass is 16.4. The van der Waals surface area contributed by atoms with E-state index in [-0.39, 0.29) is 6.42 Å². The minimum absolute atomic E-state index is 0.209. The zero-order chi connectivity index (χ0) is 14.8. The number of hydrogen-bond acceptors (Lipinski definition) is 3. The number of aryl methyl sites for hydroxylation is 1. The molecule has 0 saturated carbocycles. The summed E-state index contributed by atoms with van der Waals surface area (Å²) in [7, 11) is 0. The number of hydrogen-bond donors (Lipinski definition) is 1. The molecule has 0 radical (unpaired) electrons. The van der Waals surface area contributed by atoms with Crippen molar-refractivity contribution in [2.24, 2.45) is 5.92 Å². The first-order valence-electron chi connectivity index (χ1n) is 7.91. The van der Waals surface area contributed by atoms with E-state index in [0.717, 1.165) is 13.0 Å². The summed E-state index contributed by atoms with van der Waals surface area (Å²) in [5.74, 6) is -0.0233. The highest BCUT2D eigenvalue weighted by molar-refractivity contribution is 5.67. The third-order valence-electron chi connectivity index (χ3n) is 4.93. The van der Waals surface area contributed by atoms with Gasteiger partial charge >= 0.3 is 5.97 Å². The molecule has 0 spiro atoms. The van der Waals surface area contributed by atoms with Crippen molar-refractivity contribution >= 4 is 11.7 Å². The van der Waals surface area contributed by atoms with Crippen LogP contribution in [-0.4, -0.2) is 48.2 Å². The van der Waals surface area contributed by atoms with Crippen LogP contribution in [0, 0.1) is 12.8 Å².